The second-order valence-corrected chi connectivity index (χ2v) is 8.43. The van der Waals surface area contributed by atoms with Crippen molar-refractivity contribution in [2.24, 2.45) is 0 Å². The van der Waals surface area contributed by atoms with Crippen LogP contribution >= 0.6 is 0 Å². The number of hydrogen-bond donors (Lipinski definition) is 1. The molecule has 3 aromatic rings. The molecule has 0 unspecified atom stereocenters. The molecule has 182 valence electrons. The first kappa shape index (κ1) is 25.6. The van der Waals surface area contributed by atoms with Crippen molar-refractivity contribution in [1.82, 2.24) is 14.8 Å². The van der Waals surface area contributed by atoms with Crippen LogP contribution in [0.2, 0.25) is 0 Å². The van der Waals surface area contributed by atoms with Crippen molar-refractivity contribution in [3.8, 4) is 11.1 Å². The number of rotatable bonds is 13. The van der Waals surface area contributed by atoms with Crippen molar-refractivity contribution in [3.05, 3.63) is 71.3 Å². The van der Waals surface area contributed by atoms with Gasteiger partial charge in [-0.25, -0.2) is 14.5 Å². The van der Waals surface area contributed by atoms with E-state index in [9.17, 15) is 9.90 Å². The first-order valence-corrected chi connectivity index (χ1v) is 11.9. The summed E-state index contributed by atoms with van der Waals surface area (Å²) in [5, 5.41) is 14.3. The maximum atomic E-state index is 11.6. The molecule has 0 aliphatic rings. The quantitative estimate of drug-likeness (QED) is 0.259. The number of methoxy groups -OCH3 is 2. The van der Waals surface area contributed by atoms with E-state index < -0.39 is 11.8 Å². The van der Waals surface area contributed by atoms with Gasteiger partial charge in [-0.15, -0.1) is 5.10 Å². The van der Waals surface area contributed by atoms with Gasteiger partial charge in [0, 0.05) is 27.1 Å². The molecule has 7 nitrogen and oxygen atoms in total. The summed E-state index contributed by atoms with van der Waals surface area (Å²) in [5.41, 5.74) is 2.92. The fourth-order valence-electron chi connectivity index (χ4n) is 4.18. The lowest BCUT2D eigenvalue weighted by atomic mass is 9.99. The standard InChI is InChI=1S/C27H35N3O4/c1-5-7-8-13-24-28-26(27(33-3,34-4)18-6-2)29-30(24)19-20-14-16-21(17-15-20)22-11-9-10-12-23(22)25(31)32/h9-12,14-17H,5-8,13,18-19H2,1-4H3,(H,31,32). The summed E-state index contributed by atoms with van der Waals surface area (Å²) < 4.78 is 13.4. The van der Waals surface area contributed by atoms with Crippen molar-refractivity contribution >= 4 is 5.97 Å². The van der Waals surface area contributed by atoms with Crippen LogP contribution in [-0.4, -0.2) is 40.1 Å². The van der Waals surface area contributed by atoms with Gasteiger partial charge in [0.25, 0.3) is 0 Å². The van der Waals surface area contributed by atoms with Gasteiger partial charge in [0.15, 0.2) is 0 Å². The summed E-state index contributed by atoms with van der Waals surface area (Å²) in [6, 6.07) is 15.0. The maximum absolute atomic E-state index is 11.6. The molecule has 7 heteroatoms. The highest BCUT2D eigenvalue weighted by molar-refractivity contribution is 5.95. The average Bonchev–Trinajstić information content (AvgIpc) is 3.26. The fraction of sp³-hybridized carbons (Fsp3) is 0.444. The zero-order chi connectivity index (χ0) is 24.6. The number of hydrogen-bond acceptors (Lipinski definition) is 5. The highest BCUT2D eigenvalue weighted by Gasteiger charge is 2.36. The van der Waals surface area contributed by atoms with Crippen LogP contribution in [0.5, 0.6) is 0 Å². The van der Waals surface area contributed by atoms with Gasteiger partial charge in [-0.3, -0.25) is 0 Å². The van der Waals surface area contributed by atoms with E-state index in [1.165, 1.54) is 0 Å². The van der Waals surface area contributed by atoms with Crippen LogP contribution in [0, 0.1) is 0 Å². The summed E-state index contributed by atoms with van der Waals surface area (Å²) >= 11 is 0. The molecule has 0 bridgehead atoms. The topological polar surface area (TPSA) is 86.5 Å². The Kier molecular flexibility index (Phi) is 8.96. The number of carboxylic acids is 1. The SMILES string of the molecule is CCCCCc1nc(C(CCC)(OC)OC)nn1Cc1ccc(-c2ccccc2C(=O)O)cc1. The Morgan fingerprint density at radius 3 is 2.32 bits per heavy atom. The molecular formula is C27H35N3O4. The lowest BCUT2D eigenvalue weighted by Crippen LogP contribution is -2.32. The average molecular weight is 466 g/mol. The Bertz CT molecular complexity index is 1070. The van der Waals surface area contributed by atoms with E-state index in [2.05, 4.69) is 13.8 Å². The lowest BCUT2D eigenvalue weighted by molar-refractivity contribution is -0.225. The molecule has 1 aromatic heterocycles. The molecule has 2 aromatic carbocycles. The summed E-state index contributed by atoms with van der Waals surface area (Å²) in [6.45, 7) is 4.82. The van der Waals surface area contributed by atoms with Crippen LogP contribution in [0.1, 0.15) is 73.5 Å². The van der Waals surface area contributed by atoms with Gasteiger partial charge in [-0.05, 0) is 29.2 Å². The van der Waals surface area contributed by atoms with Crippen molar-refractivity contribution in [3.63, 3.8) is 0 Å². The first-order chi connectivity index (χ1) is 16.5. The number of carboxylic acid groups (broad SMARTS) is 1. The van der Waals surface area contributed by atoms with E-state index >= 15 is 0 Å². The summed E-state index contributed by atoms with van der Waals surface area (Å²) in [4.78, 5) is 16.4. The van der Waals surface area contributed by atoms with Gasteiger partial charge in [-0.2, -0.15) is 0 Å². The van der Waals surface area contributed by atoms with Crippen molar-refractivity contribution in [1.29, 1.82) is 0 Å². The predicted octanol–water partition coefficient (Wildman–Crippen LogP) is 5.67. The Morgan fingerprint density at radius 2 is 1.71 bits per heavy atom. The van der Waals surface area contributed by atoms with Crippen LogP contribution < -0.4 is 0 Å². The second-order valence-electron chi connectivity index (χ2n) is 8.43. The lowest BCUT2D eigenvalue weighted by Gasteiger charge is -2.27. The minimum absolute atomic E-state index is 0.292. The molecule has 0 aliphatic heterocycles. The fourth-order valence-corrected chi connectivity index (χ4v) is 4.18. The molecular weight excluding hydrogens is 430 g/mol. The second kappa shape index (κ2) is 11.9. The summed E-state index contributed by atoms with van der Waals surface area (Å²) in [6.07, 6.45) is 5.68. The molecule has 3 rings (SSSR count). The Balaban J connectivity index is 1.90. The number of aromatic carboxylic acids is 1. The van der Waals surface area contributed by atoms with E-state index in [0.717, 1.165) is 49.1 Å². The first-order valence-electron chi connectivity index (χ1n) is 11.9. The highest BCUT2D eigenvalue weighted by atomic mass is 16.7. The van der Waals surface area contributed by atoms with Gasteiger partial charge in [0.2, 0.25) is 11.6 Å². The molecule has 0 aliphatic carbocycles. The van der Waals surface area contributed by atoms with Gasteiger partial charge < -0.3 is 14.6 Å². The number of carbonyl (C=O) groups is 1. The Hall–Kier alpha value is -3.03. The monoisotopic (exact) mass is 465 g/mol. The number of aromatic nitrogens is 3. The zero-order valence-corrected chi connectivity index (χ0v) is 20.6. The van der Waals surface area contributed by atoms with Gasteiger partial charge in [-0.1, -0.05) is 75.6 Å². The molecule has 34 heavy (non-hydrogen) atoms. The normalized spacial score (nSPS) is 11.6. The van der Waals surface area contributed by atoms with E-state index in [1.54, 1.807) is 26.4 Å². The van der Waals surface area contributed by atoms with E-state index in [1.807, 2.05) is 41.1 Å². The molecule has 0 amide bonds. The molecule has 1 heterocycles. The molecule has 0 saturated carbocycles. The molecule has 0 saturated heterocycles. The third kappa shape index (κ3) is 5.72. The number of ether oxygens (including phenoxy) is 2. The van der Waals surface area contributed by atoms with Crippen molar-refractivity contribution in [2.75, 3.05) is 14.2 Å². The van der Waals surface area contributed by atoms with Crippen LogP contribution in [0.15, 0.2) is 48.5 Å². The van der Waals surface area contributed by atoms with Gasteiger partial charge in [0.05, 0.1) is 12.1 Å². The Labute approximate surface area is 201 Å². The number of benzene rings is 2. The van der Waals surface area contributed by atoms with Crippen molar-refractivity contribution in [2.45, 2.75) is 64.7 Å². The third-order valence-corrected chi connectivity index (χ3v) is 6.09. The minimum atomic E-state index is -0.954. The number of unbranched alkanes of at least 4 members (excludes halogenated alkanes) is 2. The van der Waals surface area contributed by atoms with E-state index in [-0.39, 0.29) is 0 Å². The number of nitrogens with zero attached hydrogens (tertiary/aromatic N) is 3. The van der Waals surface area contributed by atoms with Crippen molar-refractivity contribution < 1.29 is 19.4 Å². The van der Waals surface area contributed by atoms with Crippen LogP contribution in [0.3, 0.4) is 0 Å². The minimum Gasteiger partial charge on any atom is -0.478 e. The van der Waals surface area contributed by atoms with E-state index in [4.69, 9.17) is 19.6 Å². The highest BCUT2D eigenvalue weighted by Crippen LogP contribution is 2.30. The largest absolute Gasteiger partial charge is 0.478 e. The molecule has 0 radical (unpaired) electrons. The smallest absolute Gasteiger partial charge is 0.336 e. The van der Waals surface area contributed by atoms with Crippen LogP contribution in [0.25, 0.3) is 11.1 Å². The summed E-state index contributed by atoms with van der Waals surface area (Å²) in [7, 11) is 3.26. The zero-order valence-electron chi connectivity index (χ0n) is 20.6. The molecule has 0 atom stereocenters. The maximum Gasteiger partial charge on any atom is 0.336 e. The molecule has 0 spiro atoms. The molecule has 1 N–H and O–H groups in total. The third-order valence-electron chi connectivity index (χ3n) is 6.09. The predicted molar refractivity (Wildman–Crippen MR) is 132 cm³/mol. The van der Waals surface area contributed by atoms with Crippen LogP contribution in [-0.2, 0) is 28.2 Å². The van der Waals surface area contributed by atoms with Gasteiger partial charge >= 0.3 is 5.97 Å². The molecule has 0 fully saturated rings. The van der Waals surface area contributed by atoms with Gasteiger partial charge in [0.1, 0.15) is 5.82 Å². The summed E-state index contributed by atoms with van der Waals surface area (Å²) in [5.74, 6) is -0.418. The Morgan fingerprint density at radius 1 is 1.00 bits per heavy atom. The van der Waals surface area contributed by atoms with Crippen LogP contribution in [0.4, 0.5) is 0 Å². The van der Waals surface area contributed by atoms with E-state index in [0.29, 0.717) is 29.9 Å². The number of aryl methyl sites for hydroxylation is 1.